The zero-order chi connectivity index (χ0) is 12.0. The summed E-state index contributed by atoms with van der Waals surface area (Å²) in [4.78, 5) is 13.7. The van der Waals surface area contributed by atoms with Gasteiger partial charge in [0.2, 0.25) is 0 Å². The van der Waals surface area contributed by atoms with E-state index in [9.17, 15) is 4.79 Å². The number of nitrogens with zero attached hydrogens (tertiary/aromatic N) is 1. The third-order valence-corrected chi connectivity index (χ3v) is 3.29. The number of likely N-dealkylation sites (tertiary alicyclic amines) is 1. The first-order chi connectivity index (χ1) is 7.30. The van der Waals surface area contributed by atoms with Crippen LogP contribution in [0.1, 0.15) is 40.0 Å². The lowest BCUT2D eigenvalue weighted by atomic mass is 9.92. The maximum atomic E-state index is 11.9. The first-order valence-corrected chi connectivity index (χ1v) is 6.03. The molecule has 4 nitrogen and oxygen atoms in total. The second-order valence-electron chi connectivity index (χ2n) is 6.33. The van der Waals surface area contributed by atoms with E-state index in [-0.39, 0.29) is 12.1 Å². The van der Waals surface area contributed by atoms with Crippen LogP contribution in [0, 0.1) is 5.41 Å². The number of ether oxygens (including phenoxy) is 1. The van der Waals surface area contributed by atoms with E-state index in [4.69, 9.17) is 10.5 Å². The number of nitrogens with two attached hydrogens (primary N) is 1. The van der Waals surface area contributed by atoms with Gasteiger partial charge in [0.1, 0.15) is 5.60 Å². The molecule has 1 saturated carbocycles. The van der Waals surface area contributed by atoms with Gasteiger partial charge in [0, 0.05) is 19.1 Å². The molecule has 2 rings (SSSR count). The van der Waals surface area contributed by atoms with Gasteiger partial charge in [-0.1, -0.05) is 0 Å². The first-order valence-electron chi connectivity index (χ1n) is 6.03. The molecule has 0 aromatic rings. The molecule has 1 atom stereocenters. The number of piperidine rings is 1. The van der Waals surface area contributed by atoms with Crippen molar-refractivity contribution in [2.24, 2.45) is 11.1 Å². The molecular formula is C12H22N2O2. The predicted molar refractivity (Wildman–Crippen MR) is 62.1 cm³/mol. The average molecular weight is 226 g/mol. The summed E-state index contributed by atoms with van der Waals surface area (Å²) in [6, 6.07) is 0.115. The lowest BCUT2D eigenvalue weighted by molar-refractivity contribution is 0.0124. The van der Waals surface area contributed by atoms with Gasteiger partial charge >= 0.3 is 6.09 Å². The number of hydrogen-bond donors (Lipinski definition) is 1. The topological polar surface area (TPSA) is 55.6 Å². The molecule has 0 aromatic heterocycles. The van der Waals surface area contributed by atoms with Crippen molar-refractivity contribution in [3.8, 4) is 0 Å². The van der Waals surface area contributed by atoms with Crippen molar-refractivity contribution in [1.29, 1.82) is 0 Å². The summed E-state index contributed by atoms with van der Waals surface area (Å²) >= 11 is 0. The van der Waals surface area contributed by atoms with Crippen molar-refractivity contribution in [3.05, 3.63) is 0 Å². The molecule has 92 valence electrons. The van der Waals surface area contributed by atoms with Gasteiger partial charge < -0.3 is 15.4 Å². The van der Waals surface area contributed by atoms with Gasteiger partial charge in [0.05, 0.1) is 0 Å². The normalized spacial score (nSPS) is 28.0. The van der Waals surface area contributed by atoms with E-state index >= 15 is 0 Å². The number of carbonyl (C=O) groups is 1. The molecule has 0 aromatic carbocycles. The average Bonchev–Trinajstić information content (AvgIpc) is 2.80. The van der Waals surface area contributed by atoms with Crippen LogP contribution in [0.2, 0.25) is 0 Å². The summed E-state index contributed by atoms with van der Waals surface area (Å²) in [6.45, 7) is 7.14. The van der Waals surface area contributed by atoms with Crippen LogP contribution in [0.25, 0.3) is 0 Å². The lowest BCUT2D eigenvalue weighted by Crippen LogP contribution is -2.51. The van der Waals surface area contributed by atoms with Gasteiger partial charge in [0.15, 0.2) is 0 Å². The second kappa shape index (κ2) is 3.62. The summed E-state index contributed by atoms with van der Waals surface area (Å²) in [5.41, 5.74) is 5.90. The van der Waals surface area contributed by atoms with Crippen molar-refractivity contribution >= 4 is 6.09 Å². The molecule has 1 aliphatic carbocycles. The van der Waals surface area contributed by atoms with Crippen LogP contribution in [0.5, 0.6) is 0 Å². The van der Waals surface area contributed by atoms with Crippen molar-refractivity contribution in [1.82, 2.24) is 4.90 Å². The fourth-order valence-corrected chi connectivity index (χ4v) is 2.44. The van der Waals surface area contributed by atoms with Crippen LogP contribution < -0.4 is 5.73 Å². The summed E-state index contributed by atoms with van der Waals surface area (Å²) < 4.78 is 5.38. The molecule has 16 heavy (non-hydrogen) atoms. The van der Waals surface area contributed by atoms with Gasteiger partial charge in [0.25, 0.3) is 0 Å². The molecule has 1 spiro atoms. The second-order valence-corrected chi connectivity index (χ2v) is 6.33. The zero-order valence-electron chi connectivity index (χ0n) is 10.5. The molecular weight excluding hydrogens is 204 g/mol. The van der Waals surface area contributed by atoms with E-state index < -0.39 is 5.60 Å². The Hall–Kier alpha value is -0.770. The summed E-state index contributed by atoms with van der Waals surface area (Å²) in [7, 11) is 0. The van der Waals surface area contributed by atoms with Crippen molar-refractivity contribution in [3.63, 3.8) is 0 Å². The van der Waals surface area contributed by atoms with E-state index in [0.717, 1.165) is 13.0 Å². The van der Waals surface area contributed by atoms with E-state index in [0.29, 0.717) is 12.0 Å². The van der Waals surface area contributed by atoms with Crippen LogP contribution in [0.15, 0.2) is 0 Å². The number of carbonyl (C=O) groups excluding carboxylic acids is 1. The Morgan fingerprint density at radius 1 is 1.44 bits per heavy atom. The van der Waals surface area contributed by atoms with Crippen LogP contribution in [0.3, 0.4) is 0 Å². The Balaban J connectivity index is 1.96. The fourth-order valence-electron chi connectivity index (χ4n) is 2.44. The van der Waals surface area contributed by atoms with Crippen LogP contribution in [-0.2, 0) is 4.74 Å². The molecule has 2 aliphatic rings. The largest absolute Gasteiger partial charge is 0.444 e. The SMILES string of the molecule is CC(C)(C)OC(=O)N1C[C@@H](N)CC2(CC2)C1. The maximum Gasteiger partial charge on any atom is 0.410 e. The van der Waals surface area contributed by atoms with Gasteiger partial charge in [-0.2, -0.15) is 0 Å². The standard InChI is InChI=1S/C12H22N2O2/c1-11(2,3)16-10(15)14-7-9(13)6-12(8-14)4-5-12/h9H,4-8,13H2,1-3H3/t9-/m0/s1. The molecule has 1 aliphatic heterocycles. The van der Waals surface area contributed by atoms with Gasteiger partial charge in [-0.3, -0.25) is 0 Å². The van der Waals surface area contributed by atoms with Gasteiger partial charge in [-0.25, -0.2) is 4.79 Å². The van der Waals surface area contributed by atoms with E-state index in [1.165, 1.54) is 12.8 Å². The van der Waals surface area contributed by atoms with Crippen molar-refractivity contribution < 1.29 is 9.53 Å². The Bertz CT molecular complexity index is 292. The van der Waals surface area contributed by atoms with Gasteiger partial charge in [-0.05, 0) is 45.4 Å². The van der Waals surface area contributed by atoms with Crippen molar-refractivity contribution in [2.75, 3.05) is 13.1 Å². The minimum absolute atomic E-state index is 0.115. The summed E-state index contributed by atoms with van der Waals surface area (Å²) in [5, 5.41) is 0. The highest BCUT2D eigenvalue weighted by atomic mass is 16.6. The first kappa shape index (κ1) is 11.7. The third kappa shape index (κ3) is 2.67. The molecule has 4 heteroatoms. The molecule has 0 radical (unpaired) electrons. The highest BCUT2D eigenvalue weighted by Gasteiger charge is 2.49. The Morgan fingerprint density at radius 2 is 2.06 bits per heavy atom. The molecule has 0 bridgehead atoms. The summed E-state index contributed by atoms with van der Waals surface area (Å²) in [6.07, 6.45) is 3.26. The van der Waals surface area contributed by atoms with Crippen LogP contribution in [0.4, 0.5) is 4.79 Å². The Morgan fingerprint density at radius 3 is 2.56 bits per heavy atom. The minimum Gasteiger partial charge on any atom is -0.444 e. The fraction of sp³-hybridized carbons (Fsp3) is 0.917. The lowest BCUT2D eigenvalue weighted by Gasteiger charge is -2.37. The molecule has 2 fully saturated rings. The summed E-state index contributed by atoms with van der Waals surface area (Å²) in [5.74, 6) is 0. The number of hydrogen-bond acceptors (Lipinski definition) is 3. The predicted octanol–water partition coefficient (Wildman–Crippen LogP) is 1.73. The minimum atomic E-state index is -0.421. The quantitative estimate of drug-likeness (QED) is 0.684. The highest BCUT2D eigenvalue weighted by molar-refractivity contribution is 5.68. The number of rotatable bonds is 0. The van der Waals surface area contributed by atoms with E-state index in [1.807, 2.05) is 20.8 Å². The Kier molecular flexibility index (Phi) is 2.65. The molecule has 0 unspecified atom stereocenters. The van der Waals surface area contributed by atoms with E-state index in [1.54, 1.807) is 4.90 Å². The monoisotopic (exact) mass is 226 g/mol. The molecule has 1 saturated heterocycles. The number of amides is 1. The molecule has 1 heterocycles. The van der Waals surface area contributed by atoms with Crippen LogP contribution >= 0.6 is 0 Å². The highest BCUT2D eigenvalue weighted by Crippen LogP contribution is 2.51. The Labute approximate surface area is 97.1 Å². The van der Waals surface area contributed by atoms with Gasteiger partial charge in [-0.15, -0.1) is 0 Å². The maximum absolute atomic E-state index is 11.9. The van der Waals surface area contributed by atoms with E-state index in [2.05, 4.69) is 0 Å². The van der Waals surface area contributed by atoms with Crippen molar-refractivity contribution in [2.45, 2.75) is 51.7 Å². The van der Waals surface area contributed by atoms with Crippen LogP contribution in [-0.4, -0.2) is 35.7 Å². The third-order valence-electron chi connectivity index (χ3n) is 3.29. The smallest absolute Gasteiger partial charge is 0.410 e. The molecule has 2 N–H and O–H groups in total. The zero-order valence-corrected chi connectivity index (χ0v) is 10.5. The molecule has 1 amide bonds.